The van der Waals surface area contributed by atoms with Crippen LogP contribution in [0.5, 0.6) is 0 Å². The Morgan fingerprint density at radius 3 is 2.38 bits per heavy atom. The predicted octanol–water partition coefficient (Wildman–Crippen LogP) is 4.27. The van der Waals surface area contributed by atoms with Gasteiger partial charge in [0.2, 0.25) is 0 Å². The van der Waals surface area contributed by atoms with E-state index in [1.165, 1.54) is 5.56 Å². The summed E-state index contributed by atoms with van der Waals surface area (Å²) in [5.41, 5.74) is 5.10. The Bertz CT molecular complexity index is 645. The lowest BCUT2D eigenvalue weighted by Gasteiger charge is -2.11. The molecule has 3 heteroatoms. The fourth-order valence-electron chi connectivity index (χ4n) is 2.45. The number of aromatic carboxylic acids is 1. The number of carboxylic acids is 1. The van der Waals surface area contributed by atoms with Crippen LogP contribution in [0.4, 0.5) is 0 Å². The molecule has 0 amide bonds. The Labute approximate surface area is 125 Å². The normalized spacial score (nSPS) is 10.6. The zero-order chi connectivity index (χ0) is 15.4. The van der Waals surface area contributed by atoms with E-state index < -0.39 is 5.97 Å². The molecule has 2 aromatic rings. The van der Waals surface area contributed by atoms with Gasteiger partial charge in [-0.25, -0.2) is 4.79 Å². The summed E-state index contributed by atoms with van der Waals surface area (Å²) in [6.07, 6.45) is 2.57. The molecule has 0 saturated carbocycles. The Balaban J connectivity index is 2.52. The van der Waals surface area contributed by atoms with Crippen molar-refractivity contribution < 1.29 is 9.90 Å². The minimum atomic E-state index is -0.901. The summed E-state index contributed by atoms with van der Waals surface area (Å²) in [5, 5.41) is 9.31. The molecule has 1 N–H and O–H groups in total. The Kier molecular flexibility index (Phi) is 4.73. The van der Waals surface area contributed by atoms with E-state index >= 15 is 0 Å². The lowest BCUT2D eigenvalue weighted by Crippen LogP contribution is -2.07. The number of hydrogen-bond donors (Lipinski definition) is 1. The largest absolute Gasteiger partial charge is 0.478 e. The molecule has 0 fully saturated rings. The highest BCUT2D eigenvalue weighted by Crippen LogP contribution is 2.25. The fourth-order valence-corrected chi connectivity index (χ4v) is 2.45. The van der Waals surface area contributed by atoms with E-state index in [1.54, 1.807) is 6.07 Å². The molecule has 0 aliphatic heterocycles. The Morgan fingerprint density at radius 2 is 1.86 bits per heavy atom. The van der Waals surface area contributed by atoms with Crippen LogP contribution in [0.2, 0.25) is 0 Å². The molecular formula is C18H21NO2. The van der Waals surface area contributed by atoms with Crippen molar-refractivity contribution in [2.75, 3.05) is 0 Å². The van der Waals surface area contributed by atoms with Crippen LogP contribution in [0.25, 0.3) is 11.3 Å². The molecule has 0 radical (unpaired) electrons. The summed E-state index contributed by atoms with van der Waals surface area (Å²) in [5.74, 6) is -0.901. The van der Waals surface area contributed by atoms with Crippen molar-refractivity contribution in [1.82, 2.24) is 4.98 Å². The highest BCUT2D eigenvalue weighted by Gasteiger charge is 2.15. The molecule has 0 bridgehead atoms. The van der Waals surface area contributed by atoms with Crippen molar-refractivity contribution in [3.8, 4) is 11.3 Å². The third kappa shape index (κ3) is 3.30. The van der Waals surface area contributed by atoms with Gasteiger partial charge in [0.1, 0.15) is 0 Å². The minimum absolute atomic E-state index is 0.322. The minimum Gasteiger partial charge on any atom is -0.478 e. The zero-order valence-electron chi connectivity index (χ0n) is 12.8. The van der Waals surface area contributed by atoms with Gasteiger partial charge in [-0.15, -0.1) is 0 Å². The van der Waals surface area contributed by atoms with E-state index in [1.807, 2.05) is 13.8 Å². The number of carboxylic acid groups (broad SMARTS) is 1. The molecule has 3 nitrogen and oxygen atoms in total. The smallest absolute Gasteiger partial charge is 0.337 e. The van der Waals surface area contributed by atoms with Crippen LogP contribution in [0.1, 0.15) is 47.4 Å². The van der Waals surface area contributed by atoms with Crippen LogP contribution >= 0.6 is 0 Å². The molecule has 0 saturated heterocycles. The van der Waals surface area contributed by atoms with E-state index in [9.17, 15) is 9.90 Å². The van der Waals surface area contributed by atoms with Gasteiger partial charge in [-0.3, -0.25) is 4.98 Å². The van der Waals surface area contributed by atoms with Crippen molar-refractivity contribution >= 4 is 5.97 Å². The SMILES string of the molecule is CCCc1nc(-c2ccc(CC)cc2)c(C)cc1C(=O)O. The van der Waals surface area contributed by atoms with Gasteiger partial charge in [-0.05, 0) is 37.0 Å². The van der Waals surface area contributed by atoms with E-state index in [-0.39, 0.29) is 0 Å². The number of rotatable bonds is 5. The molecule has 0 spiro atoms. The topological polar surface area (TPSA) is 50.2 Å². The zero-order valence-corrected chi connectivity index (χ0v) is 12.8. The lowest BCUT2D eigenvalue weighted by molar-refractivity contribution is 0.0695. The van der Waals surface area contributed by atoms with Crippen molar-refractivity contribution in [2.24, 2.45) is 0 Å². The monoisotopic (exact) mass is 283 g/mol. The van der Waals surface area contributed by atoms with E-state index in [0.29, 0.717) is 17.7 Å². The van der Waals surface area contributed by atoms with Crippen molar-refractivity contribution in [1.29, 1.82) is 0 Å². The standard InChI is InChI=1S/C18H21NO2/c1-4-6-16-15(18(20)21)11-12(3)17(19-16)14-9-7-13(5-2)8-10-14/h7-11H,4-6H2,1-3H3,(H,20,21). The third-order valence-electron chi connectivity index (χ3n) is 3.64. The van der Waals surface area contributed by atoms with Crippen LogP contribution in [0.15, 0.2) is 30.3 Å². The number of aromatic nitrogens is 1. The average molecular weight is 283 g/mol. The summed E-state index contributed by atoms with van der Waals surface area (Å²) in [7, 11) is 0. The average Bonchev–Trinajstić information content (AvgIpc) is 2.49. The number of carbonyl (C=O) groups is 1. The first kappa shape index (κ1) is 15.2. The number of hydrogen-bond acceptors (Lipinski definition) is 2. The quantitative estimate of drug-likeness (QED) is 0.891. The van der Waals surface area contributed by atoms with Gasteiger partial charge in [0.15, 0.2) is 0 Å². The van der Waals surface area contributed by atoms with Crippen LogP contribution in [0.3, 0.4) is 0 Å². The maximum atomic E-state index is 11.3. The molecule has 110 valence electrons. The molecule has 0 unspecified atom stereocenters. The second-order valence-corrected chi connectivity index (χ2v) is 5.25. The van der Waals surface area contributed by atoms with E-state index in [2.05, 4.69) is 36.2 Å². The van der Waals surface area contributed by atoms with Gasteiger partial charge in [-0.1, -0.05) is 44.5 Å². The van der Waals surface area contributed by atoms with Crippen LogP contribution in [-0.4, -0.2) is 16.1 Å². The van der Waals surface area contributed by atoms with Crippen LogP contribution < -0.4 is 0 Å². The Morgan fingerprint density at radius 1 is 1.19 bits per heavy atom. The molecule has 0 aliphatic rings. The highest BCUT2D eigenvalue weighted by atomic mass is 16.4. The number of nitrogens with zero attached hydrogens (tertiary/aromatic N) is 1. The van der Waals surface area contributed by atoms with Gasteiger partial charge < -0.3 is 5.11 Å². The number of aryl methyl sites for hydroxylation is 3. The predicted molar refractivity (Wildman–Crippen MR) is 84.7 cm³/mol. The summed E-state index contributed by atoms with van der Waals surface area (Å²) in [6.45, 7) is 6.07. The second kappa shape index (κ2) is 6.53. The van der Waals surface area contributed by atoms with E-state index in [4.69, 9.17) is 0 Å². The van der Waals surface area contributed by atoms with Crippen LogP contribution in [-0.2, 0) is 12.8 Å². The summed E-state index contributed by atoms with van der Waals surface area (Å²) in [4.78, 5) is 16.0. The second-order valence-electron chi connectivity index (χ2n) is 5.25. The molecule has 0 atom stereocenters. The van der Waals surface area contributed by atoms with Gasteiger partial charge in [-0.2, -0.15) is 0 Å². The number of benzene rings is 1. The Hall–Kier alpha value is -2.16. The molecule has 1 aromatic carbocycles. The van der Waals surface area contributed by atoms with E-state index in [0.717, 1.165) is 29.7 Å². The first-order valence-electron chi connectivity index (χ1n) is 7.39. The van der Waals surface area contributed by atoms with Gasteiger partial charge >= 0.3 is 5.97 Å². The molecule has 1 aromatic heterocycles. The molecule has 21 heavy (non-hydrogen) atoms. The maximum absolute atomic E-state index is 11.3. The summed E-state index contributed by atoms with van der Waals surface area (Å²) in [6, 6.07) is 10.1. The fraction of sp³-hybridized carbons (Fsp3) is 0.333. The molecule has 0 aliphatic carbocycles. The maximum Gasteiger partial charge on any atom is 0.337 e. The molecular weight excluding hydrogens is 262 g/mol. The van der Waals surface area contributed by atoms with Crippen molar-refractivity contribution in [3.05, 3.63) is 52.7 Å². The summed E-state index contributed by atoms with van der Waals surface area (Å²) >= 11 is 0. The first-order chi connectivity index (χ1) is 10.1. The first-order valence-corrected chi connectivity index (χ1v) is 7.39. The van der Waals surface area contributed by atoms with Crippen molar-refractivity contribution in [2.45, 2.75) is 40.0 Å². The highest BCUT2D eigenvalue weighted by molar-refractivity contribution is 5.89. The molecule has 1 heterocycles. The van der Waals surface area contributed by atoms with Crippen LogP contribution in [0, 0.1) is 6.92 Å². The van der Waals surface area contributed by atoms with Crippen molar-refractivity contribution in [3.63, 3.8) is 0 Å². The number of pyridine rings is 1. The third-order valence-corrected chi connectivity index (χ3v) is 3.64. The summed E-state index contributed by atoms with van der Waals surface area (Å²) < 4.78 is 0. The van der Waals surface area contributed by atoms with Gasteiger partial charge in [0.05, 0.1) is 17.0 Å². The molecule has 2 rings (SSSR count). The van der Waals surface area contributed by atoms with Gasteiger partial charge in [0.25, 0.3) is 0 Å². The lowest BCUT2D eigenvalue weighted by atomic mass is 10.00. The van der Waals surface area contributed by atoms with Gasteiger partial charge in [0, 0.05) is 5.56 Å².